The van der Waals surface area contributed by atoms with Crippen LogP contribution in [-0.2, 0) is 18.9 Å². The van der Waals surface area contributed by atoms with Crippen LogP contribution in [0, 0.1) is 5.41 Å². The molecule has 110 valence electrons. The van der Waals surface area contributed by atoms with Gasteiger partial charge in [-0.2, -0.15) is 22.0 Å². The molecule has 0 atom stereocenters. The summed E-state index contributed by atoms with van der Waals surface area (Å²) in [5, 5.41) is 6.44. The Morgan fingerprint density at radius 1 is 1.05 bits per heavy atom. The molecule has 19 heavy (non-hydrogen) atoms. The molecule has 0 aliphatic rings. The van der Waals surface area contributed by atoms with E-state index in [0.717, 1.165) is 4.68 Å². The zero-order valence-corrected chi connectivity index (χ0v) is 11.1. The lowest BCUT2D eigenvalue weighted by Crippen LogP contribution is -2.35. The molecule has 1 heterocycles. The van der Waals surface area contributed by atoms with Crippen LogP contribution in [0.3, 0.4) is 0 Å². The fourth-order valence-electron chi connectivity index (χ4n) is 1.64. The van der Waals surface area contributed by atoms with Gasteiger partial charge in [-0.1, -0.05) is 26.0 Å². The van der Waals surface area contributed by atoms with E-state index in [1.807, 2.05) is 0 Å². The molecule has 0 aromatic carbocycles. The average molecular weight is 285 g/mol. The first-order valence-electron chi connectivity index (χ1n) is 5.77. The van der Waals surface area contributed by atoms with Crippen LogP contribution in [0.15, 0.2) is 0 Å². The van der Waals surface area contributed by atoms with Crippen molar-refractivity contribution in [1.82, 2.24) is 15.0 Å². The normalized spacial score (nSPS) is 13.9. The van der Waals surface area contributed by atoms with E-state index in [9.17, 15) is 22.0 Å². The molecule has 3 nitrogen and oxygen atoms in total. The van der Waals surface area contributed by atoms with Gasteiger partial charge in [0.1, 0.15) is 0 Å². The molecular formula is C11H16F5N3. The van der Waals surface area contributed by atoms with Crippen molar-refractivity contribution in [1.29, 1.82) is 0 Å². The van der Waals surface area contributed by atoms with Crippen LogP contribution >= 0.6 is 0 Å². The first-order valence-corrected chi connectivity index (χ1v) is 5.77. The van der Waals surface area contributed by atoms with Crippen molar-refractivity contribution in [3.63, 3.8) is 0 Å². The highest BCUT2D eigenvalue weighted by Gasteiger charge is 2.61. The lowest BCUT2D eigenvalue weighted by molar-refractivity contribution is -0.291. The number of aromatic nitrogens is 3. The lowest BCUT2D eigenvalue weighted by atomic mass is 9.89. The summed E-state index contributed by atoms with van der Waals surface area (Å²) in [6, 6.07) is 0. The summed E-state index contributed by atoms with van der Waals surface area (Å²) in [5.41, 5.74) is -1.92. The fraction of sp³-hybridized carbons (Fsp3) is 0.818. The van der Waals surface area contributed by atoms with E-state index in [2.05, 4.69) is 10.3 Å². The quantitative estimate of drug-likeness (QED) is 0.795. The van der Waals surface area contributed by atoms with Crippen molar-refractivity contribution < 1.29 is 22.0 Å². The Kier molecular flexibility index (Phi) is 3.93. The van der Waals surface area contributed by atoms with Crippen molar-refractivity contribution >= 4 is 0 Å². The second kappa shape index (κ2) is 4.72. The molecule has 0 aliphatic heterocycles. The summed E-state index contributed by atoms with van der Waals surface area (Å²) in [6.45, 7) is 7.03. The molecule has 0 bridgehead atoms. The molecule has 0 radical (unpaired) electrons. The van der Waals surface area contributed by atoms with Crippen molar-refractivity contribution in [2.24, 2.45) is 5.41 Å². The number of alkyl halides is 5. The highest BCUT2D eigenvalue weighted by atomic mass is 19.4. The van der Waals surface area contributed by atoms with Gasteiger partial charge in [0.2, 0.25) is 0 Å². The topological polar surface area (TPSA) is 30.7 Å². The molecule has 0 unspecified atom stereocenters. The Labute approximate surface area is 107 Å². The number of halogens is 5. The van der Waals surface area contributed by atoms with E-state index in [0.29, 0.717) is 0 Å². The Morgan fingerprint density at radius 3 is 1.95 bits per heavy atom. The largest absolute Gasteiger partial charge is 0.459 e. The maximum atomic E-state index is 13.4. The number of hydrogen-bond donors (Lipinski definition) is 0. The van der Waals surface area contributed by atoms with Gasteiger partial charge in [-0.25, -0.2) is 4.68 Å². The number of hydrogen-bond acceptors (Lipinski definition) is 2. The molecule has 0 fully saturated rings. The highest BCUT2D eigenvalue weighted by molar-refractivity contribution is 5.19. The van der Waals surface area contributed by atoms with Gasteiger partial charge in [0.25, 0.3) is 0 Å². The molecule has 0 amide bonds. The highest BCUT2D eigenvalue weighted by Crippen LogP contribution is 2.44. The summed E-state index contributed by atoms with van der Waals surface area (Å²) in [6.07, 6.45) is -5.64. The van der Waals surface area contributed by atoms with Crippen LogP contribution in [-0.4, -0.2) is 21.2 Å². The van der Waals surface area contributed by atoms with Crippen LogP contribution in [0.4, 0.5) is 22.0 Å². The maximum absolute atomic E-state index is 13.4. The molecule has 1 rings (SSSR count). The van der Waals surface area contributed by atoms with Crippen molar-refractivity contribution in [2.75, 3.05) is 0 Å². The van der Waals surface area contributed by atoms with Crippen LogP contribution in [0.1, 0.15) is 39.1 Å². The Hall–Kier alpha value is -1.21. The molecular weight excluding hydrogens is 269 g/mol. The molecule has 1 aromatic rings. The predicted molar refractivity (Wildman–Crippen MR) is 58.8 cm³/mol. The molecule has 0 aliphatic carbocycles. The third-order valence-electron chi connectivity index (χ3n) is 2.49. The summed E-state index contributed by atoms with van der Waals surface area (Å²) in [4.78, 5) is 0. The van der Waals surface area contributed by atoms with Crippen LogP contribution < -0.4 is 0 Å². The minimum absolute atomic E-state index is 0.0366. The number of rotatable bonds is 3. The van der Waals surface area contributed by atoms with Crippen molar-refractivity contribution in [3.8, 4) is 0 Å². The van der Waals surface area contributed by atoms with E-state index in [1.54, 1.807) is 27.7 Å². The van der Waals surface area contributed by atoms with Gasteiger partial charge in [-0.3, -0.25) is 0 Å². The Morgan fingerprint density at radius 2 is 1.58 bits per heavy atom. The molecule has 0 saturated heterocycles. The zero-order chi connectivity index (χ0) is 15.1. The molecule has 0 spiro atoms. The monoisotopic (exact) mass is 285 g/mol. The smallest absolute Gasteiger partial charge is 0.249 e. The number of nitrogens with zero attached hydrogens (tertiary/aromatic N) is 3. The minimum Gasteiger partial charge on any atom is -0.249 e. The molecule has 1 aromatic heterocycles. The van der Waals surface area contributed by atoms with Gasteiger partial charge in [0.05, 0.1) is 5.69 Å². The van der Waals surface area contributed by atoms with Gasteiger partial charge in [-0.05, 0) is 18.8 Å². The van der Waals surface area contributed by atoms with Gasteiger partial charge < -0.3 is 0 Å². The molecule has 8 heteroatoms. The van der Waals surface area contributed by atoms with Gasteiger partial charge in [0.15, 0.2) is 5.69 Å². The predicted octanol–water partition coefficient (Wildman–Crippen LogP) is 3.54. The minimum atomic E-state index is -5.67. The van der Waals surface area contributed by atoms with Crippen molar-refractivity contribution in [2.45, 2.75) is 52.8 Å². The number of aryl methyl sites for hydroxylation is 1. The van der Waals surface area contributed by atoms with E-state index < -0.39 is 23.2 Å². The van der Waals surface area contributed by atoms with E-state index >= 15 is 0 Å². The second-order valence-corrected chi connectivity index (χ2v) is 5.51. The zero-order valence-electron chi connectivity index (χ0n) is 11.1. The molecule has 0 N–H and O–H groups in total. The Bertz CT molecular complexity index is 442. The Balaban J connectivity index is 3.34. The van der Waals surface area contributed by atoms with E-state index in [4.69, 9.17) is 0 Å². The second-order valence-electron chi connectivity index (χ2n) is 5.51. The average Bonchev–Trinajstić information content (AvgIpc) is 2.56. The van der Waals surface area contributed by atoms with E-state index in [1.165, 1.54) is 0 Å². The van der Waals surface area contributed by atoms with Gasteiger partial charge >= 0.3 is 12.1 Å². The first-order chi connectivity index (χ1) is 8.40. The van der Waals surface area contributed by atoms with Crippen LogP contribution in [0.2, 0.25) is 0 Å². The third-order valence-corrected chi connectivity index (χ3v) is 2.49. The SMILES string of the molecule is CCn1nnc(C(F)(F)C(F)(F)F)c1CC(C)(C)C. The first kappa shape index (κ1) is 15.8. The van der Waals surface area contributed by atoms with Gasteiger partial charge in [-0.15, -0.1) is 5.10 Å². The van der Waals surface area contributed by atoms with Gasteiger partial charge in [0, 0.05) is 6.54 Å². The van der Waals surface area contributed by atoms with Crippen molar-refractivity contribution in [3.05, 3.63) is 11.4 Å². The molecule has 0 saturated carbocycles. The summed E-state index contributed by atoms with van der Waals surface area (Å²) >= 11 is 0. The lowest BCUT2D eigenvalue weighted by Gasteiger charge is -2.22. The summed E-state index contributed by atoms with van der Waals surface area (Å²) in [5.74, 6) is -4.99. The third kappa shape index (κ3) is 3.22. The maximum Gasteiger partial charge on any atom is 0.459 e. The fourth-order valence-corrected chi connectivity index (χ4v) is 1.64. The summed E-state index contributed by atoms with van der Waals surface area (Å²) in [7, 11) is 0. The standard InChI is InChI=1S/C11H16F5N3/c1-5-19-7(6-9(2,3)4)8(17-18-19)10(12,13)11(14,15)16/h5-6H2,1-4H3. The van der Waals surface area contributed by atoms with Crippen LogP contribution in [0.25, 0.3) is 0 Å². The van der Waals surface area contributed by atoms with E-state index in [-0.39, 0.29) is 18.7 Å². The van der Waals surface area contributed by atoms with Crippen LogP contribution in [0.5, 0.6) is 0 Å². The summed E-state index contributed by atoms with van der Waals surface area (Å²) < 4.78 is 65.2.